The van der Waals surface area contributed by atoms with E-state index in [9.17, 15) is 112 Å². The molecule has 35 atom stereocenters. The van der Waals surface area contributed by atoms with Gasteiger partial charge in [-0.3, -0.25) is 4.90 Å². The van der Waals surface area contributed by atoms with Gasteiger partial charge in [-0.05, 0) is 73.2 Å². The van der Waals surface area contributed by atoms with Crippen LogP contribution >= 0.6 is 71.9 Å². The van der Waals surface area contributed by atoms with Crippen LogP contribution in [-0.2, 0) is 66.3 Å². The Kier molecular flexibility index (Phi) is 45.2. The summed E-state index contributed by atoms with van der Waals surface area (Å²) >= 11 is 20.9. The van der Waals surface area contributed by atoms with Crippen LogP contribution in [0.4, 0.5) is 0 Å². The first-order valence-electron chi connectivity index (χ1n) is 38.8. The van der Waals surface area contributed by atoms with E-state index >= 15 is 0 Å². The molecule has 0 aromatic heterocycles. The lowest BCUT2D eigenvalue weighted by Crippen LogP contribution is -2.64. The monoisotopic (exact) mass is 1810 g/mol. The molecule has 0 amide bonds. The number of methoxy groups -OCH3 is 2. The highest BCUT2D eigenvalue weighted by Gasteiger charge is 2.54. The quantitative estimate of drug-likeness (QED) is 0.0199. The number of aliphatic hydroxyl groups is 22. The largest absolute Gasteiger partial charge is 0.394 e. The van der Waals surface area contributed by atoms with Gasteiger partial charge in [0.15, 0.2) is 40.5 Å². The molecular weight excluding hydrogens is 1680 g/mol. The lowest BCUT2D eigenvalue weighted by molar-refractivity contribution is -0.351. The lowest BCUT2D eigenvalue weighted by Gasteiger charge is -2.46. The predicted molar refractivity (Wildman–Crippen MR) is 424 cm³/mol. The van der Waals surface area contributed by atoms with Crippen molar-refractivity contribution in [1.82, 2.24) is 36.8 Å². The van der Waals surface area contributed by atoms with Crippen LogP contribution in [0, 0.1) is 11.8 Å². The van der Waals surface area contributed by atoms with Gasteiger partial charge in [0.25, 0.3) is 0 Å². The van der Waals surface area contributed by atoms with Gasteiger partial charge in [-0.15, -0.1) is 35.3 Å². The minimum absolute atomic E-state index is 0.0346. The van der Waals surface area contributed by atoms with Gasteiger partial charge >= 0.3 is 0 Å². The summed E-state index contributed by atoms with van der Waals surface area (Å²) in [6, 6.07) is 0. The van der Waals surface area contributed by atoms with Gasteiger partial charge in [0.2, 0.25) is 0 Å². The number of thiocarbonyl (C=S) groups is 3. The second-order valence-electron chi connectivity index (χ2n) is 29.6. The summed E-state index contributed by atoms with van der Waals surface area (Å²) in [5.41, 5.74) is -4.31. The van der Waals surface area contributed by atoms with Crippen molar-refractivity contribution in [2.75, 3.05) is 157 Å². The van der Waals surface area contributed by atoms with Crippen LogP contribution < -0.4 is 31.9 Å². The molecule has 7 heterocycles. The van der Waals surface area contributed by atoms with Crippen molar-refractivity contribution < 1.29 is 179 Å². The topological polar surface area (TPSA) is 650 Å². The van der Waals surface area contributed by atoms with Crippen molar-refractivity contribution in [3.8, 4) is 0 Å². The van der Waals surface area contributed by atoms with Gasteiger partial charge in [-0.2, -0.15) is 0 Å². The van der Waals surface area contributed by atoms with E-state index in [4.69, 9.17) is 103 Å². The molecule has 7 rings (SSSR count). The number of aliphatic hydroxyl groups excluding tert-OH is 22. The van der Waals surface area contributed by atoms with Gasteiger partial charge in [0.1, 0.15) is 156 Å². The maximum atomic E-state index is 11.2. The summed E-state index contributed by atoms with van der Waals surface area (Å²) in [5, 5.41) is 251. The molecule has 0 aromatic rings. The SMILES string of the molecule is CO[C@@H]1OC(CO)C(O[C@@H]2OC(CNC(=S)NCCN(CCNC(=S)NCC3O[C@@H](OC4C(CO)O[C@@H](OC)C(O)C4O)C(O)C(O)C3C)CCNC(=S)NC(COCCCS[C@@H]3OC(CO)[C@H](O)[C@H](O)C3O)(COCCCS[C@@H]3OC(CO)[C@H](O)[C@H](O)C3O)COCCCS[C@@H]3OC(CO)[C@H](O)[C@H](O)C3O)C(C)C(O)C2O)C(O)C1O. The van der Waals surface area contributed by atoms with Crippen molar-refractivity contribution in [1.29, 1.82) is 0 Å². The Labute approximate surface area is 706 Å². The smallest absolute Gasteiger partial charge is 0.186 e. The van der Waals surface area contributed by atoms with Gasteiger partial charge in [-0.1, -0.05) is 13.8 Å². The standard InChI is InChI=1S/C68H125N7O36S6/c1-30-32(103-60(49(91)39(30)81)110-56-37(25-79)105-58(98-3)51(93)47(56)89)20-72-65(112)69-8-11-75(12-9-70-66(113)73-21-33-31(2)40(82)50(92)61(104-33)111-57-38(26-80)106-59(99-4)52(94)48(57)90)13-10-71-67(114)74-68(27-100-14-5-17-115-62-53(95)44(86)41(83)34(22-76)107-62,28-101-15-6-18-116-63-54(96)45(87)42(84)35(23-77)108-63)29-102-16-7-19-117-64-55(97)46(88)43(85)36(24-78)109-64/h30-64,76-97H,5-29H2,1-4H3,(H2,69,72,112)(H2,70,73,113)(H2,71,74,114)/t30?,31?,32?,33?,34?,35?,36?,37?,38?,39?,40?,41-,42-,43-,44-,45-,46-,47?,48?,49?,50?,51?,52?,53?,54?,55?,56?,57?,58+,59+,60-,61-,62-,63-,64-,68?/m0/s1. The summed E-state index contributed by atoms with van der Waals surface area (Å²) in [6.07, 6.45) is -41.6. The molecule has 0 saturated carbocycles. The highest BCUT2D eigenvalue weighted by Crippen LogP contribution is 2.36. The van der Waals surface area contributed by atoms with E-state index in [1.54, 1.807) is 13.8 Å². The Morgan fingerprint density at radius 2 is 0.650 bits per heavy atom. The predicted octanol–water partition coefficient (Wildman–Crippen LogP) is -12.7. The van der Waals surface area contributed by atoms with Crippen LogP contribution in [0.15, 0.2) is 0 Å². The van der Waals surface area contributed by atoms with Gasteiger partial charge in [-0.25, -0.2) is 0 Å². The third-order valence-corrected chi connectivity index (χ3v) is 25.6. The van der Waals surface area contributed by atoms with E-state index in [1.165, 1.54) is 14.2 Å². The van der Waals surface area contributed by atoms with Crippen LogP contribution in [0.3, 0.4) is 0 Å². The zero-order valence-electron chi connectivity index (χ0n) is 65.3. The molecule has 22 unspecified atom stereocenters. The van der Waals surface area contributed by atoms with E-state index in [0.29, 0.717) is 49.6 Å². The van der Waals surface area contributed by atoms with E-state index < -0.39 is 251 Å². The summed E-state index contributed by atoms with van der Waals surface area (Å²) < 4.78 is 81.4. The molecule has 0 spiro atoms. The van der Waals surface area contributed by atoms with Crippen LogP contribution in [0.2, 0.25) is 0 Å². The first-order valence-corrected chi connectivity index (χ1v) is 43.2. The van der Waals surface area contributed by atoms with E-state index in [2.05, 4.69) is 31.9 Å². The lowest BCUT2D eigenvalue weighted by atomic mass is 9.90. The fourth-order valence-electron chi connectivity index (χ4n) is 13.8. The zero-order chi connectivity index (χ0) is 86.0. The Balaban J connectivity index is 1.04. The highest BCUT2D eigenvalue weighted by molar-refractivity contribution is 8.00. The molecule has 7 aliphatic rings. The highest BCUT2D eigenvalue weighted by atomic mass is 32.2. The number of hydrogen-bond acceptors (Lipinski definition) is 43. The molecule has 0 aliphatic carbocycles. The Bertz CT molecular complexity index is 2630. The minimum atomic E-state index is -1.66. The molecular formula is C68H125N7O36S6. The number of ether oxygens (including phenoxy) is 14. The average molecular weight is 1810 g/mol. The number of nitrogens with zero attached hydrogens (tertiary/aromatic N) is 1. The van der Waals surface area contributed by atoms with Crippen LogP contribution in [-0.4, -0.2) is 495 Å². The second-order valence-corrected chi connectivity index (χ2v) is 34.4. The average Bonchev–Trinajstić information content (AvgIpc) is 0.787. The minimum Gasteiger partial charge on any atom is -0.394 e. The molecule has 28 N–H and O–H groups in total. The van der Waals surface area contributed by atoms with Crippen LogP contribution in [0.5, 0.6) is 0 Å². The number of hydrogen-bond donors (Lipinski definition) is 28. The van der Waals surface area contributed by atoms with Gasteiger partial charge in [0.05, 0.1) is 77.3 Å². The zero-order valence-corrected chi connectivity index (χ0v) is 70.2. The first-order chi connectivity index (χ1) is 55.8. The number of thioether (sulfide) groups is 3. The fraction of sp³-hybridized carbons (Fsp3) is 0.956. The molecule has 0 aromatic carbocycles. The van der Waals surface area contributed by atoms with Gasteiger partial charge < -0.3 is 211 Å². The summed E-state index contributed by atoms with van der Waals surface area (Å²) in [6.45, 7) is 1.34. The number of nitrogens with one attached hydrogen (secondary N) is 6. The Morgan fingerprint density at radius 3 is 0.957 bits per heavy atom. The van der Waals surface area contributed by atoms with Gasteiger partial charge in [0, 0.05) is 98.2 Å². The molecule has 7 aliphatic heterocycles. The van der Waals surface area contributed by atoms with Crippen molar-refractivity contribution in [2.45, 2.75) is 239 Å². The molecule has 117 heavy (non-hydrogen) atoms. The molecule has 7 fully saturated rings. The summed E-state index contributed by atoms with van der Waals surface area (Å²) in [4.78, 5) is 2.01. The van der Waals surface area contributed by atoms with Crippen molar-refractivity contribution in [2.24, 2.45) is 11.8 Å². The normalized spacial score (nSPS) is 40.0. The molecule has 49 heteroatoms. The van der Waals surface area contributed by atoms with Crippen LogP contribution in [0.25, 0.3) is 0 Å². The van der Waals surface area contributed by atoms with Crippen molar-refractivity contribution in [3.05, 3.63) is 0 Å². The molecule has 0 bridgehead atoms. The maximum Gasteiger partial charge on any atom is 0.186 e. The molecule has 43 nitrogen and oxygen atoms in total. The fourth-order valence-corrected chi connectivity index (χ4v) is 17.8. The van der Waals surface area contributed by atoms with E-state index in [-0.39, 0.29) is 94.2 Å². The molecule has 684 valence electrons. The maximum absolute atomic E-state index is 11.2. The third kappa shape index (κ3) is 29.1. The number of rotatable bonds is 46. The van der Waals surface area contributed by atoms with E-state index in [0.717, 1.165) is 35.3 Å². The van der Waals surface area contributed by atoms with Crippen molar-refractivity contribution >= 4 is 87.3 Å². The third-order valence-electron chi connectivity index (χ3n) is 21.1. The molecule has 0 radical (unpaired) electrons. The second kappa shape index (κ2) is 51.4. The summed E-state index contributed by atoms with van der Waals surface area (Å²) in [7, 11) is 2.47. The van der Waals surface area contributed by atoms with Crippen LogP contribution in [0.1, 0.15) is 33.1 Å². The van der Waals surface area contributed by atoms with Crippen molar-refractivity contribution in [3.63, 3.8) is 0 Å². The Morgan fingerprint density at radius 1 is 0.350 bits per heavy atom. The first kappa shape index (κ1) is 103. The molecule has 7 saturated heterocycles. The van der Waals surface area contributed by atoms with E-state index in [1.807, 2.05) is 4.90 Å². The Hall–Kier alpha value is -1.36. The summed E-state index contributed by atoms with van der Waals surface area (Å²) in [5.74, 6) is -0.482.